The van der Waals surface area contributed by atoms with E-state index in [1.807, 2.05) is 13.8 Å². The molecule has 0 bridgehead atoms. The molecule has 0 aliphatic rings. The van der Waals surface area contributed by atoms with E-state index in [1.165, 1.54) is 0 Å². The second kappa shape index (κ2) is 5.59. The van der Waals surface area contributed by atoms with Gasteiger partial charge >= 0.3 is 11.8 Å². The van der Waals surface area contributed by atoms with Crippen molar-refractivity contribution in [3.8, 4) is 0 Å². The predicted molar refractivity (Wildman–Crippen MR) is 72.8 cm³/mol. The van der Waals surface area contributed by atoms with Gasteiger partial charge in [0.15, 0.2) is 0 Å². The number of hydrogen-bond acceptors (Lipinski definition) is 4. The maximum Gasteiger partial charge on any atom is 0.313 e. The van der Waals surface area contributed by atoms with Gasteiger partial charge in [-0.2, -0.15) is 0 Å². The first-order valence-electron chi connectivity index (χ1n) is 5.57. The van der Waals surface area contributed by atoms with E-state index in [4.69, 9.17) is 27.6 Å². The molecule has 100 valence electrons. The summed E-state index contributed by atoms with van der Waals surface area (Å²) in [5.74, 6) is -0.0918. The topological polar surface area (TPSA) is 68.0 Å². The molecule has 0 aliphatic heterocycles. The Morgan fingerprint density at radius 3 is 2.58 bits per heavy atom. The van der Waals surface area contributed by atoms with Gasteiger partial charge in [-0.05, 0) is 18.2 Å². The van der Waals surface area contributed by atoms with Crippen molar-refractivity contribution in [3.05, 3.63) is 40.0 Å². The van der Waals surface area contributed by atoms with Crippen LogP contribution in [0.1, 0.15) is 36.3 Å². The Labute approximate surface area is 119 Å². The third-order valence-electron chi connectivity index (χ3n) is 2.31. The molecule has 5 nitrogen and oxygen atoms in total. The molecule has 7 heteroatoms. The van der Waals surface area contributed by atoms with Crippen molar-refractivity contribution in [2.45, 2.75) is 19.8 Å². The molecular formula is C12H11Cl2N3O2. The summed E-state index contributed by atoms with van der Waals surface area (Å²) in [6.07, 6.45) is 0. The van der Waals surface area contributed by atoms with Crippen molar-refractivity contribution >= 4 is 34.8 Å². The Hall–Kier alpha value is -1.59. The molecule has 2 rings (SSSR count). The van der Waals surface area contributed by atoms with E-state index in [0.29, 0.717) is 21.6 Å². The number of carbonyl (C=O) groups excluding carboxylic acids is 1. The van der Waals surface area contributed by atoms with E-state index in [1.54, 1.807) is 18.2 Å². The molecule has 0 unspecified atom stereocenters. The van der Waals surface area contributed by atoms with Gasteiger partial charge in [0, 0.05) is 11.6 Å². The molecule has 1 N–H and O–H groups in total. The maximum absolute atomic E-state index is 11.9. The van der Waals surface area contributed by atoms with Crippen LogP contribution in [-0.2, 0) is 0 Å². The Morgan fingerprint density at radius 2 is 2.00 bits per heavy atom. The Balaban J connectivity index is 2.13. The third-order valence-corrected chi connectivity index (χ3v) is 3.05. The zero-order chi connectivity index (χ0) is 14.0. The summed E-state index contributed by atoms with van der Waals surface area (Å²) in [4.78, 5) is 11.9. The highest BCUT2D eigenvalue weighted by atomic mass is 35.5. The number of hydrogen-bond donors (Lipinski definition) is 1. The Kier molecular flexibility index (Phi) is 4.07. The van der Waals surface area contributed by atoms with E-state index in [2.05, 4.69) is 15.5 Å². The van der Waals surface area contributed by atoms with Crippen molar-refractivity contribution in [2.75, 3.05) is 5.32 Å². The summed E-state index contributed by atoms with van der Waals surface area (Å²) >= 11 is 11.6. The lowest BCUT2D eigenvalue weighted by Gasteiger charge is -2.03. The first-order valence-corrected chi connectivity index (χ1v) is 6.32. The van der Waals surface area contributed by atoms with Gasteiger partial charge in [0.25, 0.3) is 0 Å². The number of aromatic nitrogens is 2. The van der Waals surface area contributed by atoms with Crippen LogP contribution in [0, 0.1) is 0 Å². The Morgan fingerprint density at radius 1 is 1.26 bits per heavy atom. The van der Waals surface area contributed by atoms with E-state index in [0.717, 1.165) is 0 Å². The molecular weight excluding hydrogens is 289 g/mol. The maximum atomic E-state index is 11.9. The molecule has 0 spiro atoms. The average Bonchev–Trinajstić information content (AvgIpc) is 2.83. The first kappa shape index (κ1) is 13.8. The Bertz CT molecular complexity index is 611. The summed E-state index contributed by atoms with van der Waals surface area (Å²) in [5.41, 5.74) is 0.503. The highest BCUT2D eigenvalue weighted by molar-refractivity contribution is 6.42. The fourth-order valence-electron chi connectivity index (χ4n) is 1.32. The lowest BCUT2D eigenvalue weighted by molar-refractivity contribution is 0.0988. The largest absolute Gasteiger partial charge is 0.417 e. The second-order valence-electron chi connectivity index (χ2n) is 4.18. The third kappa shape index (κ3) is 3.24. The van der Waals surface area contributed by atoms with E-state index in [-0.39, 0.29) is 11.8 Å². The van der Waals surface area contributed by atoms with Crippen LogP contribution in [0.3, 0.4) is 0 Å². The van der Waals surface area contributed by atoms with Crippen LogP contribution < -0.4 is 5.32 Å². The van der Waals surface area contributed by atoms with Crippen molar-refractivity contribution in [1.82, 2.24) is 10.2 Å². The van der Waals surface area contributed by atoms with Crippen LogP contribution in [0.2, 0.25) is 10.0 Å². The fraction of sp³-hybridized carbons (Fsp3) is 0.250. The summed E-state index contributed by atoms with van der Waals surface area (Å²) < 4.78 is 5.24. The quantitative estimate of drug-likeness (QED) is 0.937. The monoisotopic (exact) mass is 299 g/mol. The minimum absolute atomic E-state index is 0.0685. The number of anilines is 1. The van der Waals surface area contributed by atoms with E-state index >= 15 is 0 Å². The van der Waals surface area contributed by atoms with Crippen LogP contribution in [0.25, 0.3) is 0 Å². The van der Waals surface area contributed by atoms with Crippen molar-refractivity contribution < 1.29 is 9.21 Å². The number of amides is 1. The highest BCUT2D eigenvalue weighted by Crippen LogP contribution is 2.25. The lowest BCUT2D eigenvalue weighted by Crippen LogP contribution is -2.12. The highest BCUT2D eigenvalue weighted by Gasteiger charge is 2.16. The summed E-state index contributed by atoms with van der Waals surface area (Å²) in [7, 11) is 0. The minimum Gasteiger partial charge on any atom is -0.417 e. The molecule has 1 aromatic heterocycles. The molecule has 2 aromatic rings. The fourth-order valence-corrected chi connectivity index (χ4v) is 1.62. The molecule has 1 heterocycles. The van der Waals surface area contributed by atoms with Gasteiger partial charge in [0.2, 0.25) is 5.89 Å². The molecule has 0 aliphatic carbocycles. The standard InChI is InChI=1S/C12H11Cl2N3O2/c1-6(2)11-16-17-12(19-11)10(18)15-7-3-4-8(13)9(14)5-7/h3-6H,1-2H3,(H,15,18). The van der Waals surface area contributed by atoms with Gasteiger partial charge in [0.05, 0.1) is 10.0 Å². The van der Waals surface area contributed by atoms with Crippen molar-refractivity contribution in [2.24, 2.45) is 0 Å². The van der Waals surface area contributed by atoms with Gasteiger partial charge in [-0.25, -0.2) is 0 Å². The number of carbonyl (C=O) groups is 1. The summed E-state index contributed by atoms with van der Waals surface area (Å²) in [5, 5.41) is 10.8. The van der Waals surface area contributed by atoms with E-state index in [9.17, 15) is 4.79 Å². The molecule has 0 atom stereocenters. The van der Waals surface area contributed by atoms with Crippen LogP contribution in [0.15, 0.2) is 22.6 Å². The van der Waals surface area contributed by atoms with Crippen LogP contribution in [0.4, 0.5) is 5.69 Å². The van der Waals surface area contributed by atoms with Gasteiger partial charge < -0.3 is 9.73 Å². The number of nitrogens with zero attached hydrogens (tertiary/aromatic N) is 2. The van der Waals surface area contributed by atoms with Crippen LogP contribution >= 0.6 is 23.2 Å². The molecule has 0 radical (unpaired) electrons. The first-order chi connectivity index (χ1) is 8.97. The molecule has 1 amide bonds. The molecule has 0 fully saturated rings. The molecule has 1 aromatic carbocycles. The minimum atomic E-state index is -0.488. The lowest BCUT2D eigenvalue weighted by atomic mass is 10.2. The van der Waals surface area contributed by atoms with Gasteiger partial charge in [-0.3, -0.25) is 4.79 Å². The van der Waals surface area contributed by atoms with Crippen molar-refractivity contribution in [3.63, 3.8) is 0 Å². The average molecular weight is 300 g/mol. The second-order valence-corrected chi connectivity index (χ2v) is 5.00. The number of rotatable bonds is 3. The normalized spacial score (nSPS) is 10.8. The molecule has 0 saturated carbocycles. The zero-order valence-electron chi connectivity index (χ0n) is 10.3. The number of benzene rings is 1. The smallest absolute Gasteiger partial charge is 0.313 e. The molecule has 19 heavy (non-hydrogen) atoms. The zero-order valence-corrected chi connectivity index (χ0v) is 11.8. The summed E-state index contributed by atoms with van der Waals surface area (Å²) in [6.45, 7) is 3.79. The van der Waals surface area contributed by atoms with Gasteiger partial charge in [-0.15, -0.1) is 10.2 Å². The number of halogens is 2. The predicted octanol–water partition coefficient (Wildman–Crippen LogP) is 3.75. The SMILES string of the molecule is CC(C)c1nnc(C(=O)Nc2ccc(Cl)c(Cl)c2)o1. The van der Waals surface area contributed by atoms with Crippen LogP contribution in [-0.4, -0.2) is 16.1 Å². The van der Waals surface area contributed by atoms with Gasteiger partial charge in [-0.1, -0.05) is 37.0 Å². The van der Waals surface area contributed by atoms with E-state index < -0.39 is 5.91 Å². The number of nitrogens with one attached hydrogen (secondary N) is 1. The van der Waals surface area contributed by atoms with Gasteiger partial charge in [0.1, 0.15) is 0 Å². The molecule has 0 saturated heterocycles. The van der Waals surface area contributed by atoms with Crippen molar-refractivity contribution in [1.29, 1.82) is 0 Å². The van der Waals surface area contributed by atoms with Crippen LogP contribution in [0.5, 0.6) is 0 Å². The summed E-state index contributed by atoms with van der Waals surface area (Å²) in [6, 6.07) is 4.76.